The van der Waals surface area contributed by atoms with Crippen molar-refractivity contribution in [2.45, 2.75) is 0 Å². The first-order valence-corrected chi connectivity index (χ1v) is 10.5. The van der Waals surface area contributed by atoms with Crippen LogP contribution in [-0.2, 0) is 4.79 Å². The Kier molecular flexibility index (Phi) is 5.20. The molecule has 0 aliphatic carbocycles. The van der Waals surface area contributed by atoms with Crippen LogP contribution in [0.1, 0.15) is 0 Å². The van der Waals surface area contributed by atoms with Crippen LogP contribution in [0.5, 0.6) is 0 Å². The van der Waals surface area contributed by atoms with Crippen LogP contribution in [0.4, 0.5) is 17.1 Å². The van der Waals surface area contributed by atoms with Gasteiger partial charge in [-0.05, 0) is 30.3 Å². The number of carbonyl (C=O) groups excluding carboxylic acids is 1. The molecule has 2 heterocycles. The lowest BCUT2D eigenvalue weighted by Gasteiger charge is -2.35. The van der Waals surface area contributed by atoms with Crippen molar-refractivity contribution >= 4 is 44.9 Å². The fourth-order valence-corrected chi connectivity index (χ4v) is 4.16. The highest BCUT2D eigenvalue weighted by atomic mass is 16.6. The molecule has 1 aromatic heterocycles. The van der Waals surface area contributed by atoms with E-state index in [2.05, 4.69) is 15.1 Å². The molecule has 0 saturated carbocycles. The van der Waals surface area contributed by atoms with Gasteiger partial charge in [-0.2, -0.15) is 0 Å². The number of amides is 1. The Morgan fingerprint density at radius 1 is 0.938 bits per heavy atom. The number of nitrogens with zero attached hydrogens (tertiary/aromatic N) is 3. The number of piperazine rings is 1. The number of benzene rings is 3. The molecule has 8 nitrogen and oxygen atoms in total. The van der Waals surface area contributed by atoms with Gasteiger partial charge in [-0.3, -0.25) is 19.8 Å². The molecule has 1 aliphatic rings. The summed E-state index contributed by atoms with van der Waals surface area (Å²) in [5, 5.41) is 15.9. The molecule has 5 rings (SSSR count). The van der Waals surface area contributed by atoms with Crippen LogP contribution in [-0.4, -0.2) is 48.5 Å². The number of rotatable bonds is 5. The molecule has 0 spiro atoms. The fraction of sp³-hybridized carbons (Fsp3) is 0.208. The van der Waals surface area contributed by atoms with E-state index in [1.807, 2.05) is 42.5 Å². The van der Waals surface area contributed by atoms with E-state index in [1.165, 1.54) is 12.1 Å². The normalized spacial score (nSPS) is 14.7. The third-order valence-corrected chi connectivity index (χ3v) is 5.83. The Morgan fingerprint density at radius 3 is 2.41 bits per heavy atom. The van der Waals surface area contributed by atoms with Crippen LogP contribution in [0, 0.1) is 10.1 Å². The monoisotopic (exact) mass is 430 g/mol. The summed E-state index contributed by atoms with van der Waals surface area (Å²) in [7, 11) is 0. The van der Waals surface area contributed by atoms with E-state index in [-0.39, 0.29) is 11.6 Å². The highest BCUT2D eigenvalue weighted by Crippen LogP contribution is 2.30. The van der Waals surface area contributed by atoms with E-state index in [9.17, 15) is 14.9 Å². The maximum Gasteiger partial charge on any atom is 0.269 e. The average molecular weight is 430 g/mol. The molecule has 1 fully saturated rings. The van der Waals surface area contributed by atoms with Gasteiger partial charge in [0.05, 0.1) is 11.5 Å². The Hall–Kier alpha value is -3.91. The van der Waals surface area contributed by atoms with E-state index >= 15 is 0 Å². The molecule has 0 bridgehead atoms. The topological polar surface area (TPSA) is 91.9 Å². The van der Waals surface area contributed by atoms with E-state index < -0.39 is 4.92 Å². The Balaban J connectivity index is 1.17. The number of furan rings is 1. The summed E-state index contributed by atoms with van der Waals surface area (Å²) >= 11 is 0. The zero-order chi connectivity index (χ0) is 22.1. The lowest BCUT2D eigenvalue weighted by atomic mass is 10.1. The van der Waals surface area contributed by atoms with Gasteiger partial charge in [0.1, 0.15) is 11.2 Å². The molecule has 32 heavy (non-hydrogen) atoms. The van der Waals surface area contributed by atoms with Crippen molar-refractivity contribution in [3.8, 4) is 0 Å². The molecule has 162 valence electrons. The van der Waals surface area contributed by atoms with Crippen molar-refractivity contribution in [2.75, 3.05) is 42.9 Å². The first kappa shape index (κ1) is 20.0. The number of nitrogens with one attached hydrogen (secondary N) is 1. The second-order valence-electron chi connectivity index (χ2n) is 7.89. The van der Waals surface area contributed by atoms with Gasteiger partial charge in [0.15, 0.2) is 0 Å². The van der Waals surface area contributed by atoms with Crippen molar-refractivity contribution in [3.63, 3.8) is 0 Å². The molecule has 0 atom stereocenters. The van der Waals surface area contributed by atoms with E-state index in [1.54, 1.807) is 12.1 Å². The summed E-state index contributed by atoms with van der Waals surface area (Å²) in [6.07, 6.45) is 0. The second-order valence-corrected chi connectivity index (χ2v) is 7.89. The molecule has 0 unspecified atom stereocenters. The molecular weight excluding hydrogens is 408 g/mol. The number of fused-ring (bicyclic) bond motifs is 3. The van der Waals surface area contributed by atoms with Crippen molar-refractivity contribution in [3.05, 3.63) is 76.8 Å². The number of nitro benzene ring substituents is 1. The molecule has 8 heteroatoms. The first-order chi connectivity index (χ1) is 15.6. The smallest absolute Gasteiger partial charge is 0.269 e. The van der Waals surface area contributed by atoms with Gasteiger partial charge in [0.25, 0.3) is 5.69 Å². The average Bonchev–Trinajstić information content (AvgIpc) is 3.17. The minimum absolute atomic E-state index is 0.0655. The van der Waals surface area contributed by atoms with Gasteiger partial charge in [-0.15, -0.1) is 0 Å². The maximum atomic E-state index is 12.6. The number of hydrogen-bond donors (Lipinski definition) is 1. The summed E-state index contributed by atoms with van der Waals surface area (Å²) in [5.74, 6) is -0.0655. The zero-order valence-corrected chi connectivity index (χ0v) is 17.4. The van der Waals surface area contributed by atoms with Gasteiger partial charge < -0.3 is 14.6 Å². The summed E-state index contributed by atoms with van der Waals surface area (Å²) in [6, 6.07) is 20.2. The number of non-ortho nitro benzene ring substituents is 1. The highest BCUT2D eigenvalue weighted by molar-refractivity contribution is 6.06. The van der Waals surface area contributed by atoms with E-state index in [0.29, 0.717) is 12.2 Å². The van der Waals surface area contributed by atoms with Gasteiger partial charge in [0.2, 0.25) is 5.91 Å². The SMILES string of the molecule is O=C(CN1CCN(c2ccc([N+](=O)[O-])cc2)CC1)Nc1ccc2c(c1)oc1ccccc12. The third kappa shape index (κ3) is 4.00. The standard InChI is InChI=1S/C24H22N4O4/c29-24(25-17-5-10-21-20-3-1-2-4-22(20)32-23(21)15-17)16-26-11-13-27(14-12-26)18-6-8-19(9-7-18)28(30)31/h1-10,15H,11-14,16H2,(H,25,29). The number of carbonyl (C=O) groups is 1. The van der Waals surface area contributed by atoms with Crippen molar-refractivity contribution in [1.29, 1.82) is 0 Å². The fourth-order valence-electron chi connectivity index (χ4n) is 4.16. The van der Waals surface area contributed by atoms with Crippen LogP contribution < -0.4 is 10.2 Å². The van der Waals surface area contributed by atoms with Crippen LogP contribution in [0.15, 0.2) is 71.1 Å². The number of anilines is 2. The lowest BCUT2D eigenvalue weighted by molar-refractivity contribution is -0.384. The summed E-state index contributed by atoms with van der Waals surface area (Å²) in [6.45, 7) is 3.32. The van der Waals surface area contributed by atoms with E-state index in [0.717, 1.165) is 53.8 Å². The molecule has 1 N–H and O–H groups in total. The Labute approximate surface area is 184 Å². The molecular formula is C24H22N4O4. The molecule has 4 aromatic rings. The minimum Gasteiger partial charge on any atom is -0.456 e. The summed E-state index contributed by atoms with van der Waals surface area (Å²) < 4.78 is 5.89. The van der Waals surface area contributed by atoms with Crippen molar-refractivity contribution in [2.24, 2.45) is 0 Å². The predicted octanol–water partition coefficient (Wildman–Crippen LogP) is 4.25. The molecule has 3 aromatic carbocycles. The highest BCUT2D eigenvalue weighted by Gasteiger charge is 2.20. The predicted molar refractivity (Wildman–Crippen MR) is 124 cm³/mol. The van der Waals surface area contributed by atoms with Crippen LogP contribution in [0.2, 0.25) is 0 Å². The first-order valence-electron chi connectivity index (χ1n) is 10.5. The number of para-hydroxylation sites is 1. The van der Waals surface area contributed by atoms with Crippen LogP contribution in [0.3, 0.4) is 0 Å². The summed E-state index contributed by atoms with van der Waals surface area (Å²) in [4.78, 5) is 27.3. The Morgan fingerprint density at radius 2 is 1.66 bits per heavy atom. The lowest BCUT2D eigenvalue weighted by Crippen LogP contribution is -2.48. The van der Waals surface area contributed by atoms with Crippen LogP contribution in [0.25, 0.3) is 21.9 Å². The van der Waals surface area contributed by atoms with E-state index in [4.69, 9.17) is 4.42 Å². The van der Waals surface area contributed by atoms with Gasteiger partial charge in [0, 0.05) is 66.5 Å². The summed E-state index contributed by atoms with van der Waals surface area (Å²) in [5.41, 5.74) is 3.34. The van der Waals surface area contributed by atoms with Crippen LogP contribution >= 0.6 is 0 Å². The Bertz CT molecular complexity index is 1290. The zero-order valence-electron chi connectivity index (χ0n) is 17.4. The second kappa shape index (κ2) is 8.32. The molecule has 1 amide bonds. The molecule has 0 radical (unpaired) electrons. The number of nitro groups is 1. The number of hydrogen-bond acceptors (Lipinski definition) is 6. The molecule has 1 aliphatic heterocycles. The third-order valence-electron chi connectivity index (χ3n) is 5.83. The maximum absolute atomic E-state index is 12.6. The molecule has 1 saturated heterocycles. The van der Waals surface area contributed by atoms with Crippen molar-refractivity contribution in [1.82, 2.24) is 4.90 Å². The minimum atomic E-state index is -0.397. The van der Waals surface area contributed by atoms with Gasteiger partial charge in [-0.1, -0.05) is 18.2 Å². The largest absolute Gasteiger partial charge is 0.456 e. The quantitative estimate of drug-likeness (QED) is 0.376. The van der Waals surface area contributed by atoms with Gasteiger partial charge >= 0.3 is 0 Å². The van der Waals surface area contributed by atoms with Gasteiger partial charge in [-0.25, -0.2) is 0 Å². The van der Waals surface area contributed by atoms with Crippen molar-refractivity contribution < 1.29 is 14.1 Å².